The monoisotopic (exact) mass is 221 g/mol. The van der Waals surface area contributed by atoms with Crippen molar-refractivity contribution in [2.75, 3.05) is 13.1 Å². The van der Waals surface area contributed by atoms with Gasteiger partial charge >= 0.3 is 0 Å². The number of nitrogens with one attached hydrogen (secondary N) is 1. The molecule has 1 aromatic heterocycles. The van der Waals surface area contributed by atoms with Crippen LogP contribution < -0.4 is 5.32 Å². The highest BCUT2D eigenvalue weighted by atomic mass is 15.1. The van der Waals surface area contributed by atoms with Crippen LogP contribution in [0.25, 0.3) is 0 Å². The molecule has 0 atom stereocenters. The predicted octanol–water partition coefficient (Wildman–Crippen LogP) is 2.36. The first kappa shape index (κ1) is 11.6. The van der Waals surface area contributed by atoms with Gasteiger partial charge in [-0.1, -0.05) is 13.3 Å². The fraction of sp³-hybridized carbons (Fsp3) is 0.769. The highest BCUT2D eigenvalue weighted by Gasteiger charge is 2.40. The first-order valence-corrected chi connectivity index (χ1v) is 6.44. The Labute approximate surface area is 98.3 Å². The summed E-state index contributed by atoms with van der Waals surface area (Å²) in [5.41, 5.74) is 0.665. The van der Waals surface area contributed by atoms with Crippen LogP contribution in [0.5, 0.6) is 0 Å². The summed E-state index contributed by atoms with van der Waals surface area (Å²) in [6.45, 7) is 7.64. The molecule has 0 spiro atoms. The number of rotatable bonds is 7. The van der Waals surface area contributed by atoms with Gasteiger partial charge in [0.1, 0.15) is 5.82 Å². The van der Waals surface area contributed by atoms with Crippen molar-refractivity contribution in [1.29, 1.82) is 0 Å². The van der Waals surface area contributed by atoms with Crippen molar-refractivity contribution >= 4 is 0 Å². The predicted molar refractivity (Wildman–Crippen MR) is 66.4 cm³/mol. The fourth-order valence-corrected chi connectivity index (χ4v) is 2.42. The van der Waals surface area contributed by atoms with E-state index < -0.39 is 0 Å². The number of imidazole rings is 1. The molecule has 90 valence electrons. The summed E-state index contributed by atoms with van der Waals surface area (Å²) in [6, 6.07) is 0. The zero-order valence-corrected chi connectivity index (χ0v) is 10.5. The van der Waals surface area contributed by atoms with E-state index in [1.54, 1.807) is 0 Å². The van der Waals surface area contributed by atoms with Crippen LogP contribution in [0.1, 0.15) is 38.4 Å². The lowest BCUT2D eigenvalue weighted by molar-refractivity contribution is 0.414. The van der Waals surface area contributed by atoms with E-state index in [0.717, 1.165) is 18.9 Å². The molecule has 3 heteroatoms. The van der Waals surface area contributed by atoms with Crippen LogP contribution in [0, 0.1) is 12.3 Å². The van der Waals surface area contributed by atoms with Crippen molar-refractivity contribution < 1.29 is 0 Å². The molecule has 3 nitrogen and oxygen atoms in total. The van der Waals surface area contributed by atoms with Gasteiger partial charge in [0.2, 0.25) is 0 Å². The molecule has 0 bridgehead atoms. The minimum atomic E-state index is 0.665. The normalized spacial score (nSPS) is 17.6. The second-order valence-electron chi connectivity index (χ2n) is 5.09. The number of aromatic nitrogens is 2. The molecule has 0 aliphatic heterocycles. The minimum Gasteiger partial charge on any atom is -0.334 e. The molecule has 0 unspecified atom stereocenters. The Balaban J connectivity index is 1.64. The van der Waals surface area contributed by atoms with E-state index in [1.165, 1.54) is 32.2 Å². The lowest BCUT2D eigenvalue weighted by Crippen LogP contribution is -2.27. The third kappa shape index (κ3) is 2.85. The quantitative estimate of drug-likeness (QED) is 0.716. The molecule has 1 aliphatic carbocycles. The van der Waals surface area contributed by atoms with Gasteiger partial charge in [0.15, 0.2) is 0 Å². The SMILES string of the molecule is CCCC1(CNCCn2ccnc2C)CC1. The van der Waals surface area contributed by atoms with E-state index in [1.807, 2.05) is 6.20 Å². The second-order valence-corrected chi connectivity index (χ2v) is 5.09. The minimum absolute atomic E-state index is 0.665. The van der Waals surface area contributed by atoms with Crippen molar-refractivity contribution in [3.8, 4) is 0 Å². The van der Waals surface area contributed by atoms with Gasteiger partial charge in [0.05, 0.1) is 0 Å². The Morgan fingerprint density at radius 3 is 2.88 bits per heavy atom. The maximum absolute atomic E-state index is 4.22. The van der Waals surface area contributed by atoms with E-state index in [4.69, 9.17) is 0 Å². The molecule has 1 heterocycles. The number of hydrogen-bond acceptors (Lipinski definition) is 2. The summed E-state index contributed by atoms with van der Waals surface area (Å²) in [5, 5.41) is 3.59. The van der Waals surface area contributed by atoms with Gasteiger partial charge in [-0.25, -0.2) is 4.98 Å². The average molecular weight is 221 g/mol. The van der Waals surface area contributed by atoms with E-state index in [0.29, 0.717) is 5.41 Å². The molecule has 0 amide bonds. The Bertz CT molecular complexity index is 326. The van der Waals surface area contributed by atoms with Crippen LogP contribution >= 0.6 is 0 Å². The Morgan fingerprint density at radius 1 is 1.50 bits per heavy atom. The van der Waals surface area contributed by atoms with Crippen LogP contribution in [0.2, 0.25) is 0 Å². The second kappa shape index (κ2) is 5.00. The fourth-order valence-electron chi connectivity index (χ4n) is 2.42. The van der Waals surface area contributed by atoms with Crippen LogP contribution in [0.4, 0.5) is 0 Å². The molecule has 1 N–H and O–H groups in total. The van der Waals surface area contributed by atoms with Crippen LogP contribution in [0.3, 0.4) is 0 Å². The van der Waals surface area contributed by atoms with Crippen molar-refractivity contribution in [3.63, 3.8) is 0 Å². The highest BCUT2D eigenvalue weighted by Crippen LogP contribution is 2.48. The largest absolute Gasteiger partial charge is 0.334 e. The summed E-state index contributed by atoms with van der Waals surface area (Å²) < 4.78 is 2.20. The zero-order valence-electron chi connectivity index (χ0n) is 10.5. The standard InChI is InChI=1S/C13H23N3/c1-3-4-13(5-6-13)11-14-7-9-16-10-8-15-12(16)2/h8,10,14H,3-7,9,11H2,1-2H3. The summed E-state index contributed by atoms with van der Waals surface area (Å²) in [6.07, 6.45) is 9.49. The van der Waals surface area contributed by atoms with Gasteiger partial charge in [0.25, 0.3) is 0 Å². The van der Waals surface area contributed by atoms with Crippen molar-refractivity contribution in [2.45, 2.75) is 46.1 Å². The molecule has 16 heavy (non-hydrogen) atoms. The van der Waals surface area contributed by atoms with Crippen LogP contribution in [-0.2, 0) is 6.54 Å². The maximum atomic E-state index is 4.22. The Morgan fingerprint density at radius 2 is 2.31 bits per heavy atom. The lowest BCUT2D eigenvalue weighted by atomic mass is 10.0. The van der Waals surface area contributed by atoms with Gasteiger partial charge in [0, 0.05) is 32.0 Å². The van der Waals surface area contributed by atoms with Crippen molar-refractivity contribution in [2.24, 2.45) is 5.41 Å². The smallest absolute Gasteiger partial charge is 0.105 e. The molecular weight excluding hydrogens is 198 g/mol. The molecule has 1 saturated carbocycles. The third-order valence-electron chi connectivity index (χ3n) is 3.69. The molecule has 0 saturated heterocycles. The number of aryl methyl sites for hydroxylation is 1. The van der Waals surface area contributed by atoms with Crippen molar-refractivity contribution in [1.82, 2.24) is 14.9 Å². The summed E-state index contributed by atoms with van der Waals surface area (Å²) in [5.74, 6) is 1.11. The third-order valence-corrected chi connectivity index (χ3v) is 3.69. The average Bonchev–Trinajstić information content (AvgIpc) is 2.91. The van der Waals surface area contributed by atoms with E-state index in [2.05, 4.69) is 34.9 Å². The summed E-state index contributed by atoms with van der Waals surface area (Å²) in [7, 11) is 0. The molecule has 0 radical (unpaired) electrons. The first-order valence-electron chi connectivity index (χ1n) is 6.44. The van der Waals surface area contributed by atoms with Gasteiger partial charge in [-0.15, -0.1) is 0 Å². The van der Waals surface area contributed by atoms with Gasteiger partial charge < -0.3 is 9.88 Å². The van der Waals surface area contributed by atoms with Crippen LogP contribution in [-0.4, -0.2) is 22.6 Å². The van der Waals surface area contributed by atoms with Gasteiger partial charge in [-0.05, 0) is 31.6 Å². The van der Waals surface area contributed by atoms with Gasteiger partial charge in [-0.3, -0.25) is 0 Å². The molecule has 2 rings (SSSR count). The Kier molecular flexibility index (Phi) is 3.64. The van der Waals surface area contributed by atoms with E-state index in [-0.39, 0.29) is 0 Å². The maximum Gasteiger partial charge on any atom is 0.105 e. The first-order chi connectivity index (χ1) is 7.76. The molecular formula is C13H23N3. The van der Waals surface area contributed by atoms with Crippen molar-refractivity contribution in [3.05, 3.63) is 18.2 Å². The zero-order chi connectivity index (χ0) is 11.4. The van der Waals surface area contributed by atoms with E-state index in [9.17, 15) is 0 Å². The Hall–Kier alpha value is -0.830. The molecule has 1 fully saturated rings. The summed E-state index contributed by atoms with van der Waals surface area (Å²) in [4.78, 5) is 4.22. The summed E-state index contributed by atoms with van der Waals surface area (Å²) >= 11 is 0. The topological polar surface area (TPSA) is 29.9 Å². The molecule has 1 aromatic rings. The number of hydrogen-bond donors (Lipinski definition) is 1. The van der Waals surface area contributed by atoms with Crippen LogP contribution in [0.15, 0.2) is 12.4 Å². The number of nitrogens with zero attached hydrogens (tertiary/aromatic N) is 2. The molecule has 0 aromatic carbocycles. The van der Waals surface area contributed by atoms with Gasteiger partial charge in [-0.2, -0.15) is 0 Å². The highest BCUT2D eigenvalue weighted by molar-refractivity contribution is 4.94. The van der Waals surface area contributed by atoms with E-state index >= 15 is 0 Å². The lowest BCUT2D eigenvalue weighted by Gasteiger charge is -2.15. The molecule has 1 aliphatic rings.